The molecule has 10 nitrogen and oxygen atoms in total. The van der Waals surface area contributed by atoms with Crippen molar-refractivity contribution in [2.24, 2.45) is 0 Å². The van der Waals surface area contributed by atoms with Crippen LogP contribution in [0.3, 0.4) is 0 Å². The summed E-state index contributed by atoms with van der Waals surface area (Å²) < 4.78 is 10.5. The number of benzene rings is 1. The van der Waals surface area contributed by atoms with Crippen molar-refractivity contribution >= 4 is 11.8 Å². The summed E-state index contributed by atoms with van der Waals surface area (Å²) in [6.45, 7) is 1.57. The minimum absolute atomic E-state index is 0.127. The number of amides is 2. The van der Waals surface area contributed by atoms with Crippen LogP contribution in [0.4, 0.5) is 0 Å². The van der Waals surface area contributed by atoms with E-state index in [9.17, 15) is 9.59 Å². The number of furan rings is 1. The topological polar surface area (TPSA) is 124 Å². The van der Waals surface area contributed by atoms with Crippen molar-refractivity contribution in [1.82, 2.24) is 31.1 Å². The third-order valence-electron chi connectivity index (χ3n) is 3.31. The average molecular weight is 356 g/mol. The van der Waals surface area contributed by atoms with Crippen LogP contribution >= 0.6 is 0 Å². The van der Waals surface area contributed by atoms with Crippen molar-refractivity contribution < 1.29 is 18.7 Å². The lowest BCUT2D eigenvalue weighted by molar-refractivity contribution is -0.122. The van der Waals surface area contributed by atoms with Gasteiger partial charge in [-0.15, -0.1) is 10.2 Å². The summed E-state index contributed by atoms with van der Waals surface area (Å²) in [5, 5.41) is 11.6. The Kier molecular flexibility index (Phi) is 5.22. The number of tetrazole rings is 1. The van der Waals surface area contributed by atoms with E-state index in [0.29, 0.717) is 22.9 Å². The smallest absolute Gasteiger partial charge is 0.273 e. The number of nitrogens with one attached hydrogen (secondary N) is 2. The number of aryl methyl sites for hydroxylation is 1. The van der Waals surface area contributed by atoms with Crippen molar-refractivity contribution in [1.29, 1.82) is 0 Å². The average Bonchev–Trinajstić information content (AvgIpc) is 3.27. The first-order valence-electron chi connectivity index (χ1n) is 7.69. The lowest BCUT2D eigenvalue weighted by Gasteiger charge is -2.06. The van der Waals surface area contributed by atoms with Crippen LogP contribution in [0.5, 0.6) is 5.75 Å². The largest absolute Gasteiger partial charge is 0.485 e. The van der Waals surface area contributed by atoms with Gasteiger partial charge in [-0.3, -0.25) is 20.4 Å². The molecule has 0 atom stereocenters. The summed E-state index contributed by atoms with van der Waals surface area (Å²) in [4.78, 5) is 24.8. The van der Waals surface area contributed by atoms with Crippen molar-refractivity contribution in [3.05, 3.63) is 59.8 Å². The maximum Gasteiger partial charge on any atom is 0.273 e. The minimum atomic E-state index is -0.507. The predicted molar refractivity (Wildman–Crippen MR) is 87.6 cm³/mol. The van der Waals surface area contributed by atoms with Gasteiger partial charge >= 0.3 is 0 Å². The second-order valence-electron chi connectivity index (χ2n) is 5.23. The fraction of sp³-hybridized carbons (Fsp3) is 0.188. The summed E-state index contributed by atoms with van der Waals surface area (Å²) in [6.07, 6.45) is 1.39. The second-order valence-corrected chi connectivity index (χ2v) is 5.23. The zero-order valence-corrected chi connectivity index (χ0v) is 13.9. The lowest BCUT2D eigenvalue weighted by Crippen LogP contribution is -2.43. The molecule has 0 saturated heterocycles. The summed E-state index contributed by atoms with van der Waals surface area (Å²) in [5.41, 5.74) is 4.90. The molecule has 0 aliphatic rings. The number of para-hydroxylation sites is 1. The highest BCUT2D eigenvalue weighted by atomic mass is 16.5. The van der Waals surface area contributed by atoms with E-state index >= 15 is 0 Å². The Morgan fingerprint density at radius 2 is 2.00 bits per heavy atom. The second kappa shape index (κ2) is 7.92. The summed E-state index contributed by atoms with van der Waals surface area (Å²) in [5.74, 6) is 0.483. The molecule has 26 heavy (non-hydrogen) atoms. The summed E-state index contributed by atoms with van der Waals surface area (Å²) >= 11 is 0. The monoisotopic (exact) mass is 356 g/mol. The zero-order valence-electron chi connectivity index (χ0n) is 13.9. The first kappa shape index (κ1) is 17.1. The predicted octanol–water partition coefficient (Wildman–Crippen LogP) is 0.615. The first-order chi connectivity index (χ1) is 12.6. The number of rotatable bonds is 6. The number of hydrogen-bond donors (Lipinski definition) is 2. The zero-order chi connectivity index (χ0) is 18.4. The molecular formula is C16H16N6O4. The standard InChI is InChI=1S/C16H16N6O4/c1-11-13(7-8-25-11)16(24)19-18-15(23)9-22-20-14(17-21-22)10-26-12-5-3-2-4-6-12/h2-8H,9-10H2,1H3,(H,18,23)(H,19,24). The molecule has 0 aliphatic carbocycles. The molecule has 2 N–H and O–H groups in total. The van der Waals surface area contributed by atoms with Crippen LogP contribution in [-0.2, 0) is 17.9 Å². The van der Waals surface area contributed by atoms with Crippen LogP contribution in [0.2, 0.25) is 0 Å². The number of aromatic nitrogens is 4. The Labute approximate surface area is 148 Å². The van der Waals surface area contributed by atoms with E-state index in [0.717, 1.165) is 4.80 Å². The lowest BCUT2D eigenvalue weighted by atomic mass is 10.2. The minimum Gasteiger partial charge on any atom is -0.485 e. The Balaban J connectivity index is 1.45. The van der Waals surface area contributed by atoms with Gasteiger partial charge < -0.3 is 9.15 Å². The molecule has 0 spiro atoms. The number of hydrazine groups is 1. The van der Waals surface area contributed by atoms with Gasteiger partial charge in [-0.1, -0.05) is 18.2 Å². The van der Waals surface area contributed by atoms with E-state index in [2.05, 4.69) is 26.3 Å². The molecule has 0 radical (unpaired) electrons. The fourth-order valence-corrected chi connectivity index (χ4v) is 2.05. The van der Waals surface area contributed by atoms with Crippen molar-refractivity contribution in [3.63, 3.8) is 0 Å². The fourth-order valence-electron chi connectivity index (χ4n) is 2.05. The SMILES string of the molecule is Cc1occc1C(=O)NNC(=O)Cn1nnc(COc2ccccc2)n1. The van der Waals surface area contributed by atoms with Crippen molar-refractivity contribution in [3.8, 4) is 5.75 Å². The van der Waals surface area contributed by atoms with Gasteiger partial charge in [0.25, 0.3) is 11.8 Å². The molecule has 0 saturated carbocycles. The molecule has 0 fully saturated rings. The van der Waals surface area contributed by atoms with Gasteiger partial charge in [-0.05, 0) is 30.3 Å². The quantitative estimate of drug-likeness (QED) is 0.620. The molecule has 2 aromatic heterocycles. The van der Waals surface area contributed by atoms with Crippen LogP contribution in [0.25, 0.3) is 0 Å². The molecule has 1 aromatic carbocycles. The highest BCUT2D eigenvalue weighted by Gasteiger charge is 2.13. The molecule has 0 aliphatic heterocycles. The Morgan fingerprint density at radius 3 is 2.73 bits per heavy atom. The van der Waals surface area contributed by atoms with Crippen LogP contribution in [0, 0.1) is 6.92 Å². The molecule has 10 heteroatoms. The summed E-state index contributed by atoms with van der Waals surface area (Å²) in [6, 6.07) is 10.7. The third kappa shape index (κ3) is 4.44. The maximum atomic E-state index is 11.9. The third-order valence-corrected chi connectivity index (χ3v) is 3.31. The molecule has 0 unspecified atom stereocenters. The highest BCUT2D eigenvalue weighted by Crippen LogP contribution is 2.09. The summed E-state index contributed by atoms with van der Waals surface area (Å²) in [7, 11) is 0. The molecule has 3 rings (SSSR count). The number of carbonyl (C=O) groups is 2. The van der Waals surface area contributed by atoms with Gasteiger partial charge in [0.2, 0.25) is 5.82 Å². The van der Waals surface area contributed by atoms with Gasteiger partial charge in [-0.2, -0.15) is 4.80 Å². The molecule has 134 valence electrons. The Hall–Kier alpha value is -3.69. The van der Waals surface area contributed by atoms with E-state index in [1.807, 2.05) is 30.3 Å². The number of ether oxygens (including phenoxy) is 1. The van der Waals surface area contributed by atoms with Gasteiger partial charge in [0.15, 0.2) is 6.61 Å². The van der Waals surface area contributed by atoms with Gasteiger partial charge in [-0.25, -0.2) is 0 Å². The van der Waals surface area contributed by atoms with Crippen LogP contribution in [0.15, 0.2) is 47.1 Å². The van der Waals surface area contributed by atoms with Crippen molar-refractivity contribution in [2.45, 2.75) is 20.1 Å². The molecular weight excluding hydrogens is 340 g/mol. The molecule has 2 heterocycles. The van der Waals surface area contributed by atoms with E-state index in [4.69, 9.17) is 9.15 Å². The first-order valence-corrected chi connectivity index (χ1v) is 7.69. The molecule has 0 bridgehead atoms. The van der Waals surface area contributed by atoms with Crippen LogP contribution < -0.4 is 15.6 Å². The van der Waals surface area contributed by atoms with E-state index in [1.54, 1.807) is 6.92 Å². The van der Waals surface area contributed by atoms with Gasteiger partial charge in [0.1, 0.15) is 18.1 Å². The number of nitrogens with zero attached hydrogens (tertiary/aromatic N) is 4. The maximum absolute atomic E-state index is 11.9. The Bertz CT molecular complexity index is 889. The van der Waals surface area contributed by atoms with Crippen molar-refractivity contribution in [2.75, 3.05) is 0 Å². The van der Waals surface area contributed by atoms with Crippen LogP contribution in [0.1, 0.15) is 21.9 Å². The van der Waals surface area contributed by atoms with E-state index in [-0.39, 0.29) is 13.2 Å². The molecule has 3 aromatic rings. The Morgan fingerprint density at radius 1 is 1.19 bits per heavy atom. The highest BCUT2D eigenvalue weighted by molar-refractivity contribution is 5.96. The number of hydrogen-bond acceptors (Lipinski definition) is 7. The normalized spacial score (nSPS) is 10.3. The number of carbonyl (C=O) groups excluding carboxylic acids is 2. The van der Waals surface area contributed by atoms with E-state index < -0.39 is 11.8 Å². The van der Waals surface area contributed by atoms with Gasteiger partial charge in [0.05, 0.1) is 11.8 Å². The molecule has 2 amide bonds. The van der Waals surface area contributed by atoms with Gasteiger partial charge in [0, 0.05) is 0 Å². The van der Waals surface area contributed by atoms with Crippen LogP contribution in [-0.4, -0.2) is 32.0 Å². The van der Waals surface area contributed by atoms with E-state index in [1.165, 1.54) is 12.3 Å².